The number of nitrogens with zero attached hydrogens (tertiary/aromatic N) is 5. The Morgan fingerprint density at radius 1 is 1.24 bits per heavy atom. The van der Waals surface area contributed by atoms with Gasteiger partial charge in [0.1, 0.15) is 17.5 Å². The molecule has 0 saturated carbocycles. The van der Waals surface area contributed by atoms with E-state index < -0.39 is 0 Å². The molecule has 3 rings (SSSR count). The molecule has 0 aliphatic heterocycles. The first-order chi connectivity index (χ1) is 12.0. The predicted molar refractivity (Wildman–Crippen MR) is 95.3 cm³/mol. The number of halogens is 2. The van der Waals surface area contributed by atoms with E-state index in [-0.39, 0.29) is 17.5 Å². The number of aryl methyl sites for hydroxylation is 1. The van der Waals surface area contributed by atoms with E-state index in [0.29, 0.717) is 23.9 Å². The minimum Gasteiger partial charge on any atom is -0.290 e. The molecule has 25 heavy (non-hydrogen) atoms. The molecular formula is C17H15BrFN5O. The molecule has 0 saturated heterocycles. The molecule has 1 amide bonds. The zero-order valence-corrected chi connectivity index (χ0v) is 15.2. The van der Waals surface area contributed by atoms with Crippen LogP contribution >= 0.6 is 15.9 Å². The molecule has 2 heterocycles. The fraction of sp³-hybridized carbons (Fsp3) is 0.176. The molecule has 128 valence electrons. The Kier molecular flexibility index (Phi) is 4.89. The highest BCUT2D eigenvalue weighted by Gasteiger charge is 2.22. The van der Waals surface area contributed by atoms with Gasteiger partial charge in [-0.05, 0) is 66.2 Å². The van der Waals surface area contributed by atoms with Crippen molar-refractivity contribution in [2.75, 3.05) is 11.4 Å². The number of pyridine rings is 1. The average Bonchev–Trinajstić information content (AvgIpc) is 2.99. The molecule has 0 bridgehead atoms. The SMILES string of the molecule is CCN(C(=O)c1nc(C)n(-c2ccc(F)cc2)n1)c1ccc(Br)cn1. The van der Waals surface area contributed by atoms with Crippen LogP contribution in [0.5, 0.6) is 0 Å². The maximum Gasteiger partial charge on any atom is 0.299 e. The summed E-state index contributed by atoms with van der Waals surface area (Å²) in [6.07, 6.45) is 1.63. The third kappa shape index (κ3) is 3.58. The molecule has 0 unspecified atom stereocenters. The van der Waals surface area contributed by atoms with Crippen molar-refractivity contribution in [1.82, 2.24) is 19.7 Å². The van der Waals surface area contributed by atoms with Crippen LogP contribution in [0.4, 0.5) is 10.2 Å². The highest BCUT2D eigenvalue weighted by molar-refractivity contribution is 9.10. The minimum atomic E-state index is -0.346. The maximum absolute atomic E-state index is 13.1. The van der Waals surface area contributed by atoms with Gasteiger partial charge in [-0.25, -0.2) is 19.0 Å². The normalized spacial score (nSPS) is 10.7. The van der Waals surface area contributed by atoms with Crippen LogP contribution in [-0.4, -0.2) is 32.2 Å². The molecule has 0 N–H and O–H groups in total. The van der Waals surface area contributed by atoms with E-state index in [0.717, 1.165) is 4.47 Å². The summed E-state index contributed by atoms with van der Waals surface area (Å²) in [6, 6.07) is 9.39. The molecule has 3 aromatic rings. The van der Waals surface area contributed by atoms with Crippen molar-refractivity contribution in [2.24, 2.45) is 0 Å². The molecule has 1 aromatic carbocycles. The summed E-state index contributed by atoms with van der Waals surface area (Å²) in [4.78, 5) is 22.8. The standard InChI is InChI=1S/C17H15BrFN5O/c1-3-23(15-9-4-12(18)10-20-15)17(25)16-21-11(2)24(22-16)14-7-5-13(19)6-8-14/h4-10H,3H2,1-2H3. The van der Waals surface area contributed by atoms with Crippen LogP contribution in [0.25, 0.3) is 5.69 Å². The summed E-state index contributed by atoms with van der Waals surface area (Å²) >= 11 is 3.32. The lowest BCUT2D eigenvalue weighted by Crippen LogP contribution is -2.32. The third-order valence-electron chi connectivity index (χ3n) is 3.58. The second kappa shape index (κ2) is 7.10. The summed E-state index contributed by atoms with van der Waals surface area (Å²) in [6.45, 7) is 4.02. The van der Waals surface area contributed by atoms with Crippen molar-refractivity contribution in [2.45, 2.75) is 13.8 Å². The van der Waals surface area contributed by atoms with E-state index in [1.807, 2.05) is 13.0 Å². The Labute approximate surface area is 152 Å². The summed E-state index contributed by atoms with van der Waals surface area (Å²) in [5.74, 6) is 0.437. The zero-order chi connectivity index (χ0) is 18.0. The summed E-state index contributed by atoms with van der Waals surface area (Å²) in [5, 5.41) is 4.28. The van der Waals surface area contributed by atoms with Gasteiger partial charge in [0.25, 0.3) is 5.91 Å². The van der Waals surface area contributed by atoms with Crippen LogP contribution < -0.4 is 4.90 Å². The second-order valence-corrected chi connectivity index (χ2v) is 6.17. The Morgan fingerprint density at radius 2 is 1.96 bits per heavy atom. The molecule has 6 nitrogen and oxygen atoms in total. The lowest BCUT2D eigenvalue weighted by molar-refractivity contribution is 0.0977. The highest BCUT2D eigenvalue weighted by Crippen LogP contribution is 2.17. The van der Waals surface area contributed by atoms with E-state index in [1.54, 1.807) is 31.3 Å². The van der Waals surface area contributed by atoms with Crippen LogP contribution in [0.15, 0.2) is 47.1 Å². The summed E-state index contributed by atoms with van der Waals surface area (Å²) in [7, 11) is 0. The van der Waals surface area contributed by atoms with E-state index in [1.165, 1.54) is 21.7 Å². The molecule has 0 atom stereocenters. The summed E-state index contributed by atoms with van der Waals surface area (Å²) in [5.41, 5.74) is 0.635. The number of carbonyl (C=O) groups is 1. The molecule has 0 fully saturated rings. The van der Waals surface area contributed by atoms with Crippen molar-refractivity contribution < 1.29 is 9.18 Å². The van der Waals surface area contributed by atoms with Gasteiger partial charge in [-0.2, -0.15) is 0 Å². The lowest BCUT2D eigenvalue weighted by atomic mass is 10.3. The monoisotopic (exact) mass is 403 g/mol. The molecule has 0 aliphatic rings. The number of hydrogen-bond acceptors (Lipinski definition) is 4. The third-order valence-corrected chi connectivity index (χ3v) is 4.05. The number of benzene rings is 1. The maximum atomic E-state index is 13.1. The Morgan fingerprint density at radius 3 is 2.56 bits per heavy atom. The smallest absolute Gasteiger partial charge is 0.290 e. The van der Waals surface area contributed by atoms with Crippen molar-refractivity contribution in [1.29, 1.82) is 0 Å². The van der Waals surface area contributed by atoms with Gasteiger partial charge in [0.2, 0.25) is 5.82 Å². The molecule has 2 aromatic heterocycles. The molecule has 0 aliphatic carbocycles. The fourth-order valence-corrected chi connectivity index (χ4v) is 2.60. The van der Waals surface area contributed by atoms with E-state index >= 15 is 0 Å². The lowest BCUT2D eigenvalue weighted by Gasteiger charge is -2.18. The Balaban J connectivity index is 1.93. The van der Waals surface area contributed by atoms with Crippen LogP contribution in [-0.2, 0) is 0 Å². The highest BCUT2D eigenvalue weighted by atomic mass is 79.9. The second-order valence-electron chi connectivity index (χ2n) is 5.25. The van der Waals surface area contributed by atoms with E-state index in [4.69, 9.17) is 0 Å². The van der Waals surface area contributed by atoms with Crippen LogP contribution in [0, 0.1) is 12.7 Å². The first-order valence-corrected chi connectivity index (χ1v) is 8.42. The molecule has 8 heteroatoms. The van der Waals surface area contributed by atoms with Crippen LogP contribution in [0.1, 0.15) is 23.4 Å². The van der Waals surface area contributed by atoms with Gasteiger partial charge in [0.05, 0.1) is 5.69 Å². The number of aromatic nitrogens is 4. The van der Waals surface area contributed by atoms with Gasteiger partial charge >= 0.3 is 0 Å². The zero-order valence-electron chi connectivity index (χ0n) is 13.6. The number of rotatable bonds is 4. The van der Waals surface area contributed by atoms with E-state index in [9.17, 15) is 9.18 Å². The summed E-state index contributed by atoms with van der Waals surface area (Å²) < 4.78 is 15.4. The molecule has 0 radical (unpaired) electrons. The Bertz CT molecular complexity index is 892. The predicted octanol–water partition coefficient (Wildman–Crippen LogP) is 3.54. The van der Waals surface area contributed by atoms with Gasteiger partial charge in [0.15, 0.2) is 0 Å². The number of hydrogen-bond donors (Lipinski definition) is 0. The van der Waals surface area contributed by atoms with Crippen molar-refractivity contribution in [3.63, 3.8) is 0 Å². The van der Waals surface area contributed by atoms with Crippen molar-refractivity contribution in [3.8, 4) is 5.69 Å². The van der Waals surface area contributed by atoms with Gasteiger partial charge in [-0.1, -0.05) is 0 Å². The van der Waals surface area contributed by atoms with Gasteiger partial charge in [-0.3, -0.25) is 9.69 Å². The van der Waals surface area contributed by atoms with Gasteiger partial charge in [0, 0.05) is 17.2 Å². The van der Waals surface area contributed by atoms with Gasteiger partial charge < -0.3 is 0 Å². The van der Waals surface area contributed by atoms with Gasteiger partial charge in [-0.15, -0.1) is 5.10 Å². The van der Waals surface area contributed by atoms with Crippen molar-refractivity contribution in [3.05, 3.63) is 64.5 Å². The number of anilines is 1. The minimum absolute atomic E-state index is 0.0633. The average molecular weight is 404 g/mol. The van der Waals surface area contributed by atoms with Crippen LogP contribution in [0.2, 0.25) is 0 Å². The molecule has 0 spiro atoms. The Hall–Kier alpha value is -2.61. The topological polar surface area (TPSA) is 63.9 Å². The number of carbonyl (C=O) groups excluding carboxylic acids is 1. The van der Waals surface area contributed by atoms with Crippen LogP contribution in [0.3, 0.4) is 0 Å². The largest absolute Gasteiger partial charge is 0.299 e. The first-order valence-electron chi connectivity index (χ1n) is 7.62. The first kappa shape index (κ1) is 17.2. The molecular weight excluding hydrogens is 389 g/mol. The van der Waals surface area contributed by atoms with E-state index in [2.05, 4.69) is 31.0 Å². The quantitative estimate of drug-likeness (QED) is 0.668. The number of amides is 1. The van der Waals surface area contributed by atoms with Crippen molar-refractivity contribution >= 4 is 27.7 Å². The fourth-order valence-electron chi connectivity index (χ4n) is 2.37.